The van der Waals surface area contributed by atoms with E-state index in [-0.39, 0.29) is 41.5 Å². The fraction of sp³-hybridized carbons (Fsp3) is 0.348. The molecule has 1 aliphatic rings. The van der Waals surface area contributed by atoms with Gasteiger partial charge in [-0.25, -0.2) is 0 Å². The molecule has 11 heteroatoms. The molecule has 3 aromatic rings. The molecule has 0 radical (unpaired) electrons. The number of halogens is 4. The predicted molar refractivity (Wildman–Crippen MR) is 122 cm³/mol. The summed E-state index contributed by atoms with van der Waals surface area (Å²) < 4.78 is 53.4. The Kier molecular flexibility index (Phi) is 6.57. The molecule has 0 bridgehead atoms. The van der Waals surface area contributed by atoms with E-state index in [1.807, 2.05) is 6.92 Å². The van der Waals surface area contributed by atoms with Crippen LogP contribution in [0.15, 0.2) is 36.7 Å². The molecule has 0 fully saturated rings. The molecule has 1 aromatic carbocycles. The lowest BCUT2D eigenvalue weighted by Crippen LogP contribution is -2.35. The van der Waals surface area contributed by atoms with E-state index < -0.39 is 17.9 Å². The van der Waals surface area contributed by atoms with E-state index in [2.05, 4.69) is 26.0 Å². The highest BCUT2D eigenvalue weighted by Crippen LogP contribution is 2.43. The summed E-state index contributed by atoms with van der Waals surface area (Å²) in [6.07, 6.45) is -1.78. The van der Waals surface area contributed by atoms with Crippen molar-refractivity contribution < 1.29 is 27.4 Å². The van der Waals surface area contributed by atoms with Crippen LogP contribution < -0.4 is 9.47 Å². The summed E-state index contributed by atoms with van der Waals surface area (Å²) in [5.74, 6) is 0.364. The number of fused-ring (bicyclic) bond motifs is 1. The molecule has 7 nitrogen and oxygen atoms in total. The van der Waals surface area contributed by atoms with Gasteiger partial charge < -0.3 is 14.4 Å². The smallest absolute Gasteiger partial charge is 0.435 e. The first-order chi connectivity index (χ1) is 16.1. The molecule has 34 heavy (non-hydrogen) atoms. The number of nitrogens with zero attached hydrogens (tertiary/aromatic N) is 4. The Morgan fingerprint density at radius 1 is 1.24 bits per heavy atom. The fourth-order valence-electron chi connectivity index (χ4n) is 3.99. The van der Waals surface area contributed by atoms with Gasteiger partial charge in [0.05, 0.1) is 31.0 Å². The molecule has 0 saturated heterocycles. The molecule has 4 rings (SSSR count). The maximum atomic E-state index is 13.7. The number of aromatic nitrogens is 3. The molecule has 0 saturated carbocycles. The van der Waals surface area contributed by atoms with Crippen molar-refractivity contribution >= 4 is 21.8 Å². The highest BCUT2D eigenvalue weighted by atomic mass is 79.9. The summed E-state index contributed by atoms with van der Waals surface area (Å²) in [5, 5.41) is 3.96. The second kappa shape index (κ2) is 9.28. The largest absolute Gasteiger partial charge is 0.497 e. The van der Waals surface area contributed by atoms with Crippen LogP contribution in [0, 0.1) is 0 Å². The van der Waals surface area contributed by atoms with Crippen LogP contribution in [0.4, 0.5) is 13.2 Å². The van der Waals surface area contributed by atoms with Crippen LogP contribution in [0.2, 0.25) is 0 Å². The van der Waals surface area contributed by atoms with Gasteiger partial charge in [-0.15, -0.1) is 0 Å². The molecule has 1 atom stereocenters. The Morgan fingerprint density at radius 2 is 1.97 bits per heavy atom. The average molecular weight is 539 g/mol. The predicted octanol–water partition coefficient (Wildman–Crippen LogP) is 5.00. The minimum absolute atomic E-state index is 0.106. The van der Waals surface area contributed by atoms with Crippen LogP contribution in [0.1, 0.15) is 40.3 Å². The van der Waals surface area contributed by atoms with Gasteiger partial charge in [-0.3, -0.25) is 14.5 Å². The van der Waals surface area contributed by atoms with E-state index >= 15 is 0 Å². The van der Waals surface area contributed by atoms with Gasteiger partial charge in [0, 0.05) is 42.0 Å². The monoisotopic (exact) mass is 538 g/mol. The summed E-state index contributed by atoms with van der Waals surface area (Å²) in [4.78, 5) is 19.6. The lowest BCUT2D eigenvalue weighted by molar-refractivity contribution is -0.140. The summed E-state index contributed by atoms with van der Waals surface area (Å²) in [7, 11) is 2.96. The number of alkyl halides is 4. The number of hydrogen-bond acceptors (Lipinski definition) is 5. The third-order valence-electron chi connectivity index (χ3n) is 5.64. The van der Waals surface area contributed by atoms with Crippen LogP contribution in [0.25, 0.3) is 11.1 Å². The third-order valence-corrected chi connectivity index (χ3v) is 6.29. The molecular formula is C23H22BrF3N4O3. The zero-order valence-corrected chi connectivity index (χ0v) is 20.3. The van der Waals surface area contributed by atoms with Crippen molar-refractivity contribution in [3.8, 4) is 22.6 Å². The lowest BCUT2D eigenvalue weighted by atomic mass is 9.97. The Balaban J connectivity index is 1.83. The second-order valence-electron chi connectivity index (χ2n) is 7.86. The number of hydrogen-bond donors (Lipinski definition) is 0. The molecule has 1 amide bonds. The number of methoxy groups -OCH3 is 1. The van der Waals surface area contributed by atoms with Gasteiger partial charge in [-0.2, -0.15) is 18.3 Å². The number of amides is 1. The van der Waals surface area contributed by atoms with E-state index in [0.717, 1.165) is 4.68 Å². The quantitative estimate of drug-likeness (QED) is 0.427. The van der Waals surface area contributed by atoms with E-state index in [4.69, 9.17) is 9.47 Å². The van der Waals surface area contributed by atoms with Crippen LogP contribution in [-0.4, -0.2) is 45.8 Å². The number of rotatable bonds is 5. The third kappa shape index (κ3) is 4.48. The van der Waals surface area contributed by atoms with Crippen LogP contribution in [0.5, 0.6) is 11.5 Å². The molecule has 3 heterocycles. The average Bonchev–Trinajstić information content (AvgIpc) is 3.14. The van der Waals surface area contributed by atoms with Gasteiger partial charge in [-0.1, -0.05) is 15.9 Å². The maximum Gasteiger partial charge on any atom is 0.435 e. The number of ether oxygens (including phenoxy) is 2. The fourth-order valence-corrected chi connectivity index (χ4v) is 4.31. The summed E-state index contributed by atoms with van der Waals surface area (Å²) in [5.41, 5.74) is 0.454. The second-order valence-corrected chi connectivity index (χ2v) is 8.42. The molecule has 1 aliphatic heterocycles. The van der Waals surface area contributed by atoms with E-state index in [1.165, 1.54) is 13.2 Å². The van der Waals surface area contributed by atoms with Gasteiger partial charge in [-0.05, 0) is 30.7 Å². The van der Waals surface area contributed by atoms with Crippen molar-refractivity contribution in [1.82, 2.24) is 19.7 Å². The minimum atomic E-state index is -4.67. The van der Waals surface area contributed by atoms with Gasteiger partial charge in [0.15, 0.2) is 5.69 Å². The van der Waals surface area contributed by atoms with Crippen molar-refractivity contribution in [1.29, 1.82) is 0 Å². The summed E-state index contributed by atoms with van der Waals surface area (Å²) in [6.45, 7) is 2.17. The molecule has 180 valence electrons. The Bertz CT molecular complexity index is 1230. The Hall–Kier alpha value is -3.08. The summed E-state index contributed by atoms with van der Waals surface area (Å²) in [6, 6.07) is 6.27. The van der Waals surface area contributed by atoms with Crippen molar-refractivity contribution in [2.24, 2.45) is 7.05 Å². The number of carbonyl (C=O) groups is 1. The first-order valence-electron chi connectivity index (χ1n) is 10.4. The van der Waals surface area contributed by atoms with E-state index in [1.54, 1.807) is 42.5 Å². The topological polar surface area (TPSA) is 69.5 Å². The van der Waals surface area contributed by atoms with Crippen LogP contribution in [0.3, 0.4) is 0 Å². The Labute approximate surface area is 202 Å². The van der Waals surface area contributed by atoms with Crippen molar-refractivity contribution in [3.63, 3.8) is 0 Å². The van der Waals surface area contributed by atoms with Gasteiger partial charge >= 0.3 is 6.18 Å². The lowest BCUT2D eigenvalue weighted by Gasteiger charge is -2.27. The first-order valence-corrected chi connectivity index (χ1v) is 11.5. The Morgan fingerprint density at radius 3 is 2.65 bits per heavy atom. The number of benzene rings is 1. The van der Waals surface area contributed by atoms with Crippen LogP contribution in [-0.2, 0) is 18.6 Å². The molecule has 0 aliphatic carbocycles. The zero-order chi connectivity index (χ0) is 24.6. The molecular weight excluding hydrogens is 517 g/mol. The molecule has 0 unspecified atom stereocenters. The van der Waals surface area contributed by atoms with E-state index in [9.17, 15) is 18.0 Å². The SMILES string of the molecule is COc1ccnc([C@H](C)N2CCOc3c(cc(CBr)cc3-c3cn(C)nc3C(F)(F)F)C2=O)c1. The van der Waals surface area contributed by atoms with E-state index in [0.29, 0.717) is 22.3 Å². The van der Waals surface area contributed by atoms with Gasteiger partial charge in [0.25, 0.3) is 5.91 Å². The number of carbonyl (C=O) groups excluding carboxylic acids is 1. The van der Waals surface area contributed by atoms with Crippen LogP contribution >= 0.6 is 15.9 Å². The normalized spacial score (nSPS) is 14.9. The summed E-state index contributed by atoms with van der Waals surface area (Å²) >= 11 is 3.36. The van der Waals surface area contributed by atoms with Gasteiger partial charge in [0.1, 0.15) is 18.1 Å². The highest BCUT2D eigenvalue weighted by molar-refractivity contribution is 9.08. The molecule has 0 N–H and O–H groups in total. The number of pyridine rings is 1. The molecule has 0 spiro atoms. The zero-order valence-electron chi connectivity index (χ0n) is 18.7. The minimum Gasteiger partial charge on any atom is -0.497 e. The van der Waals surface area contributed by atoms with Crippen molar-refractivity contribution in [3.05, 3.63) is 59.2 Å². The van der Waals surface area contributed by atoms with Crippen molar-refractivity contribution in [2.45, 2.75) is 24.5 Å². The van der Waals surface area contributed by atoms with Crippen molar-refractivity contribution in [2.75, 3.05) is 20.3 Å². The highest BCUT2D eigenvalue weighted by Gasteiger charge is 2.39. The number of aryl methyl sites for hydroxylation is 1. The standard InChI is InChI=1S/C23H22BrF3N4O3/c1-13(19-10-15(33-3)4-5-28-19)31-6-7-34-20-16(8-14(11-24)9-17(20)22(31)32)18-12-30(2)29-21(18)23(25,26)27/h4-5,8-10,12-13H,6-7,11H2,1-3H3/t13-/m0/s1. The van der Waals surface area contributed by atoms with Gasteiger partial charge in [0.2, 0.25) is 0 Å². The maximum absolute atomic E-state index is 13.7. The molecule has 2 aromatic heterocycles. The first kappa shape index (κ1) is 24.1.